The third-order valence-electron chi connectivity index (χ3n) is 5.96. The van der Waals surface area contributed by atoms with Gasteiger partial charge in [-0.1, -0.05) is 35.3 Å². The quantitative estimate of drug-likeness (QED) is 0.379. The van der Waals surface area contributed by atoms with Gasteiger partial charge in [0.05, 0.1) is 26.8 Å². The van der Waals surface area contributed by atoms with E-state index in [4.69, 9.17) is 28.2 Å². The number of nitrogens with zero attached hydrogens (tertiary/aromatic N) is 4. The van der Waals surface area contributed by atoms with Crippen molar-refractivity contribution in [3.8, 4) is 0 Å². The first kappa shape index (κ1) is 25.1. The van der Waals surface area contributed by atoms with Crippen molar-refractivity contribution in [3.63, 3.8) is 0 Å². The van der Waals surface area contributed by atoms with Crippen LogP contribution in [0.1, 0.15) is 30.9 Å². The maximum Gasteiger partial charge on any atom is 0.0824 e. The van der Waals surface area contributed by atoms with E-state index in [1.165, 1.54) is 5.56 Å². The molecule has 1 aromatic carbocycles. The summed E-state index contributed by atoms with van der Waals surface area (Å²) >= 11 is 15.9. The minimum atomic E-state index is 0.333. The molecule has 1 atom stereocenters. The van der Waals surface area contributed by atoms with Crippen molar-refractivity contribution in [2.45, 2.75) is 32.9 Å². The van der Waals surface area contributed by atoms with Crippen LogP contribution in [0.5, 0.6) is 0 Å². The maximum atomic E-state index is 6.24. The summed E-state index contributed by atoms with van der Waals surface area (Å²) in [7, 11) is 0. The Balaban J connectivity index is 1.50. The SMILES string of the molecule is C/C(=C\C(=NC1=C(Br)C=NC1)C1CCCN(Cc2ccc(Cl)c(Cl)c2)C1)NCc1cccnc1. The minimum absolute atomic E-state index is 0.333. The highest BCUT2D eigenvalue weighted by Crippen LogP contribution is 2.27. The largest absolute Gasteiger partial charge is 0.384 e. The molecule has 2 aromatic rings. The zero-order valence-electron chi connectivity index (χ0n) is 19.1. The van der Waals surface area contributed by atoms with Crippen molar-refractivity contribution in [3.05, 3.63) is 85.9 Å². The van der Waals surface area contributed by atoms with E-state index in [0.717, 1.165) is 66.2 Å². The summed E-state index contributed by atoms with van der Waals surface area (Å²) in [6.45, 7) is 6.28. The van der Waals surface area contributed by atoms with Crippen LogP contribution in [0.15, 0.2) is 74.7 Å². The van der Waals surface area contributed by atoms with Crippen LogP contribution in [0.25, 0.3) is 0 Å². The molecule has 1 fully saturated rings. The average molecular weight is 561 g/mol. The number of pyridine rings is 1. The van der Waals surface area contributed by atoms with Crippen LogP contribution in [-0.4, -0.2) is 41.4 Å². The van der Waals surface area contributed by atoms with Gasteiger partial charge in [-0.05, 0) is 77.6 Å². The summed E-state index contributed by atoms with van der Waals surface area (Å²) in [5.41, 5.74) is 5.47. The number of hydrogen-bond donors (Lipinski definition) is 1. The molecule has 0 radical (unpaired) electrons. The standard InChI is InChI=1S/C26H28BrCl2N5/c1-18(32-13-20-4-2-8-30-12-20)10-25(33-26-15-31-14-22(26)27)21-5-3-9-34(17-21)16-19-6-7-23(28)24(29)11-19/h2,4,6-8,10-12,14,21,32H,3,5,9,13,15-17H2,1H3/b18-10+,33-25?. The summed E-state index contributed by atoms with van der Waals surface area (Å²) in [6, 6.07) is 9.92. The zero-order valence-corrected chi connectivity index (χ0v) is 22.2. The summed E-state index contributed by atoms with van der Waals surface area (Å²) in [4.78, 5) is 16.1. The maximum absolute atomic E-state index is 6.24. The first-order valence-corrected chi connectivity index (χ1v) is 13.0. The molecule has 5 nitrogen and oxygen atoms in total. The van der Waals surface area contributed by atoms with Gasteiger partial charge in [-0.2, -0.15) is 0 Å². The van der Waals surface area contributed by atoms with E-state index in [-0.39, 0.29) is 0 Å². The number of halogens is 3. The molecular weight excluding hydrogens is 533 g/mol. The lowest BCUT2D eigenvalue weighted by Crippen LogP contribution is -2.38. The fourth-order valence-corrected chi connectivity index (χ4v) is 4.88. The fraction of sp³-hybridized carbons (Fsp3) is 0.346. The van der Waals surface area contributed by atoms with Gasteiger partial charge in [0, 0.05) is 55.6 Å². The second-order valence-electron chi connectivity index (χ2n) is 8.67. The molecule has 2 aliphatic heterocycles. The van der Waals surface area contributed by atoms with E-state index >= 15 is 0 Å². The molecule has 3 heterocycles. The molecule has 0 spiro atoms. The molecular formula is C26H28BrCl2N5. The zero-order chi connectivity index (χ0) is 23.9. The molecule has 0 aliphatic carbocycles. The molecule has 1 N–H and O–H groups in total. The second kappa shape index (κ2) is 12.1. The van der Waals surface area contributed by atoms with E-state index in [1.54, 1.807) is 6.20 Å². The number of likely N-dealkylation sites (tertiary alicyclic amines) is 1. The highest BCUT2D eigenvalue weighted by atomic mass is 79.9. The fourth-order valence-electron chi connectivity index (χ4n) is 4.20. The Labute approximate surface area is 219 Å². The van der Waals surface area contributed by atoms with Gasteiger partial charge in [-0.15, -0.1) is 0 Å². The molecule has 1 saturated heterocycles. The number of aromatic nitrogens is 1. The molecule has 0 saturated carbocycles. The number of allylic oxidation sites excluding steroid dienone is 3. The number of rotatable bonds is 8. The molecule has 0 bridgehead atoms. The molecule has 34 heavy (non-hydrogen) atoms. The Morgan fingerprint density at radius 3 is 2.88 bits per heavy atom. The monoisotopic (exact) mass is 559 g/mol. The van der Waals surface area contributed by atoms with Crippen LogP contribution in [0, 0.1) is 5.92 Å². The summed E-state index contributed by atoms with van der Waals surface area (Å²) in [5, 5.41) is 4.70. The van der Waals surface area contributed by atoms with Gasteiger partial charge >= 0.3 is 0 Å². The van der Waals surface area contributed by atoms with E-state index < -0.39 is 0 Å². The third kappa shape index (κ3) is 7.01. The van der Waals surface area contributed by atoms with Crippen LogP contribution in [0.3, 0.4) is 0 Å². The third-order valence-corrected chi connectivity index (χ3v) is 7.36. The first-order chi connectivity index (χ1) is 16.5. The van der Waals surface area contributed by atoms with Crippen molar-refractivity contribution < 1.29 is 0 Å². The molecule has 8 heteroatoms. The molecule has 0 amide bonds. The van der Waals surface area contributed by atoms with Gasteiger partial charge in [0.15, 0.2) is 0 Å². The first-order valence-electron chi connectivity index (χ1n) is 11.4. The van der Waals surface area contributed by atoms with E-state index in [9.17, 15) is 0 Å². The van der Waals surface area contributed by atoms with Gasteiger partial charge < -0.3 is 5.32 Å². The Kier molecular flexibility index (Phi) is 8.95. The lowest BCUT2D eigenvalue weighted by Gasteiger charge is -2.33. The van der Waals surface area contributed by atoms with Gasteiger partial charge in [-0.3, -0.25) is 19.9 Å². The predicted octanol–water partition coefficient (Wildman–Crippen LogP) is 6.43. The van der Waals surface area contributed by atoms with Crippen molar-refractivity contribution in [2.75, 3.05) is 19.6 Å². The van der Waals surface area contributed by atoms with E-state index in [2.05, 4.69) is 61.3 Å². The van der Waals surface area contributed by atoms with Gasteiger partial charge in [0.25, 0.3) is 0 Å². The predicted molar refractivity (Wildman–Crippen MR) is 146 cm³/mol. The number of piperidine rings is 1. The number of aliphatic imine (C=N–C) groups is 2. The summed E-state index contributed by atoms with van der Waals surface area (Å²) < 4.78 is 0.961. The lowest BCUT2D eigenvalue weighted by atomic mass is 9.92. The Morgan fingerprint density at radius 1 is 1.26 bits per heavy atom. The Morgan fingerprint density at radius 2 is 2.15 bits per heavy atom. The van der Waals surface area contributed by atoms with Crippen molar-refractivity contribution in [1.82, 2.24) is 15.2 Å². The second-order valence-corrected chi connectivity index (χ2v) is 10.3. The van der Waals surface area contributed by atoms with E-state index in [1.807, 2.05) is 30.6 Å². The molecule has 1 aromatic heterocycles. The lowest BCUT2D eigenvalue weighted by molar-refractivity contribution is 0.197. The Bertz CT molecular complexity index is 1130. The van der Waals surface area contributed by atoms with Crippen molar-refractivity contribution in [2.24, 2.45) is 15.9 Å². The van der Waals surface area contributed by atoms with Crippen LogP contribution < -0.4 is 5.32 Å². The highest BCUT2D eigenvalue weighted by Gasteiger charge is 2.24. The number of benzene rings is 1. The molecule has 2 aliphatic rings. The minimum Gasteiger partial charge on any atom is -0.384 e. The van der Waals surface area contributed by atoms with Gasteiger partial charge in [0.2, 0.25) is 0 Å². The van der Waals surface area contributed by atoms with Crippen LogP contribution in [-0.2, 0) is 13.1 Å². The van der Waals surface area contributed by atoms with Gasteiger partial charge in [0.1, 0.15) is 0 Å². The van der Waals surface area contributed by atoms with Gasteiger partial charge in [-0.25, -0.2) is 0 Å². The smallest absolute Gasteiger partial charge is 0.0824 e. The van der Waals surface area contributed by atoms with E-state index in [0.29, 0.717) is 22.5 Å². The summed E-state index contributed by atoms with van der Waals surface area (Å²) in [6.07, 6.45) is 9.93. The van der Waals surface area contributed by atoms with Crippen LogP contribution in [0.4, 0.5) is 0 Å². The summed E-state index contributed by atoms with van der Waals surface area (Å²) in [5.74, 6) is 0.333. The molecule has 178 valence electrons. The number of hydrogen-bond acceptors (Lipinski definition) is 5. The van der Waals surface area contributed by atoms with Crippen LogP contribution >= 0.6 is 39.1 Å². The highest BCUT2D eigenvalue weighted by molar-refractivity contribution is 9.12. The molecule has 4 rings (SSSR count). The van der Waals surface area contributed by atoms with Crippen molar-refractivity contribution in [1.29, 1.82) is 0 Å². The van der Waals surface area contributed by atoms with Crippen LogP contribution in [0.2, 0.25) is 10.0 Å². The van der Waals surface area contributed by atoms with Crippen molar-refractivity contribution >= 4 is 51.1 Å². The average Bonchev–Trinajstić information content (AvgIpc) is 3.25. The number of nitrogens with one attached hydrogen (secondary N) is 1. The molecule has 1 unspecified atom stereocenters. The topological polar surface area (TPSA) is 52.9 Å². The normalized spacial score (nSPS) is 19.7. The Hall–Kier alpha value is -1.99.